The number of aliphatic hydroxyl groups is 1. The summed E-state index contributed by atoms with van der Waals surface area (Å²) in [4.78, 5) is 0. The van der Waals surface area contributed by atoms with Gasteiger partial charge in [-0.05, 0) is 107 Å². The van der Waals surface area contributed by atoms with E-state index in [0.29, 0.717) is 11.5 Å². The maximum absolute atomic E-state index is 9.64. The Morgan fingerprint density at radius 2 is 1.48 bits per heavy atom. The van der Waals surface area contributed by atoms with Crippen LogP contribution in [0.5, 0.6) is 0 Å². The van der Waals surface area contributed by atoms with Crippen LogP contribution in [-0.2, 0) is 0 Å². The summed E-state index contributed by atoms with van der Waals surface area (Å²) in [6, 6.07) is 0.706. The highest BCUT2D eigenvalue weighted by Gasteiger charge is 2.52. The van der Waals surface area contributed by atoms with Gasteiger partial charge in [0, 0.05) is 6.04 Å². The Kier molecular flexibility index (Phi) is 3.82. The summed E-state index contributed by atoms with van der Waals surface area (Å²) >= 11 is 0. The largest absolute Gasteiger partial charge is 0.393 e. The number of rotatable bonds is 4. The molecule has 2 nitrogen and oxygen atoms in total. The molecule has 0 spiro atoms. The van der Waals surface area contributed by atoms with Crippen LogP contribution in [0.25, 0.3) is 0 Å². The van der Waals surface area contributed by atoms with Gasteiger partial charge in [-0.25, -0.2) is 0 Å². The van der Waals surface area contributed by atoms with Crippen LogP contribution < -0.4 is 5.32 Å². The van der Waals surface area contributed by atoms with Gasteiger partial charge in [0.25, 0.3) is 0 Å². The minimum Gasteiger partial charge on any atom is -0.393 e. The van der Waals surface area contributed by atoms with Crippen molar-refractivity contribution in [1.29, 1.82) is 0 Å². The van der Waals surface area contributed by atoms with Gasteiger partial charge in [-0.3, -0.25) is 0 Å². The predicted molar refractivity (Wildman–Crippen MR) is 86.0 cm³/mol. The molecule has 0 aromatic carbocycles. The first-order chi connectivity index (χ1) is 10.1. The van der Waals surface area contributed by atoms with E-state index in [1.807, 2.05) is 0 Å². The summed E-state index contributed by atoms with van der Waals surface area (Å²) < 4.78 is 0. The summed E-state index contributed by atoms with van der Waals surface area (Å²) in [7, 11) is 0. The number of hydrogen-bond donors (Lipinski definition) is 2. The third-order valence-corrected chi connectivity index (χ3v) is 7.53. The third-order valence-electron chi connectivity index (χ3n) is 7.53. The number of hydrogen-bond acceptors (Lipinski definition) is 2. The van der Waals surface area contributed by atoms with E-state index < -0.39 is 0 Å². The molecule has 0 aliphatic heterocycles. The second-order valence-electron chi connectivity index (χ2n) is 9.08. The van der Waals surface area contributed by atoms with Crippen molar-refractivity contribution >= 4 is 0 Å². The Labute approximate surface area is 130 Å². The van der Waals surface area contributed by atoms with E-state index in [0.717, 1.165) is 36.5 Å². The number of aliphatic hydroxyl groups excluding tert-OH is 1. The molecule has 5 fully saturated rings. The van der Waals surface area contributed by atoms with E-state index in [4.69, 9.17) is 0 Å². The van der Waals surface area contributed by atoms with Crippen molar-refractivity contribution < 1.29 is 5.11 Å². The monoisotopic (exact) mass is 291 g/mol. The average Bonchev–Trinajstić information content (AvgIpc) is 2.45. The highest BCUT2D eigenvalue weighted by atomic mass is 16.3. The second kappa shape index (κ2) is 5.53. The van der Waals surface area contributed by atoms with E-state index in [1.54, 1.807) is 19.3 Å². The highest BCUT2D eigenvalue weighted by molar-refractivity contribution is 5.05. The minimum absolute atomic E-state index is 0.0122. The van der Waals surface area contributed by atoms with Crippen molar-refractivity contribution in [3.8, 4) is 0 Å². The van der Waals surface area contributed by atoms with Gasteiger partial charge in [0.05, 0.1) is 6.10 Å². The van der Waals surface area contributed by atoms with Gasteiger partial charge in [-0.1, -0.05) is 0 Å². The zero-order chi connectivity index (χ0) is 14.4. The SMILES string of the molecule is CC(NCC1CCC(O)CC1)C12CC3CC(CC(C3)C1)C2. The van der Waals surface area contributed by atoms with Crippen LogP contribution in [0.2, 0.25) is 0 Å². The lowest BCUT2D eigenvalue weighted by atomic mass is 9.48. The molecule has 5 saturated carbocycles. The zero-order valence-corrected chi connectivity index (χ0v) is 13.7. The summed E-state index contributed by atoms with van der Waals surface area (Å²) in [5.74, 6) is 3.99. The fraction of sp³-hybridized carbons (Fsp3) is 1.00. The molecule has 5 aliphatic rings. The standard InChI is InChI=1S/C19H33NO/c1-13(20-12-14-2-4-18(21)5-3-14)19-9-15-6-16(10-19)8-17(7-15)11-19/h13-18,20-21H,2-12H2,1H3. The summed E-state index contributed by atoms with van der Waals surface area (Å²) in [5.41, 5.74) is 0.642. The number of nitrogens with one attached hydrogen (secondary N) is 1. The fourth-order valence-corrected chi connectivity index (χ4v) is 6.62. The normalized spacial score (nSPS) is 50.3. The zero-order valence-electron chi connectivity index (χ0n) is 13.7. The van der Waals surface area contributed by atoms with Crippen LogP contribution in [-0.4, -0.2) is 23.8 Å². The Morgan fingerprint density at radius 1 is 0.952 bits per heavy atom. The Morgan fingerprint density at radius 3 is 2.00 bits per heavy atom. The maximum Gasteiger partial charge on any atom is 0.0540 e. The van der Waals surface area contributed by atoms with Crippen LogP contribution in [0.3, 0.4) is 0 Å². The minimum atomic E-state index is -0.0122. The Hall–Kier alpha value is -0.0800. The van der Waals surface area contributed by atoms with Gasteiger partial charge < -0.3 is 10.4 Å². The van der Waals surface area contributed by atoms with Gasteiger partial charge in [0.2, 0.25) is 0 Å². The molecule has 4 bridgehead atoms. The van der Waals surface area contributed by atoms with Crippen molar-refractivity contribution in [2.75, 3.05) is 6.54 Å². The molecule has 2 heteroatoms. The molecule has 5 aliphatic carbocycles. The Bertz CT molecular complexity index is 336. The lowest BCUT2D eigenvalue weighted by molar-refractivity contribution is -0.0711. The second-order valence-corrected chi connectivity index (χ2v) is 9.08. The molecule has 0 heterocycles. The van der Waals surface area contributed by atoms with Crippen LogP contribution in [0, 0.1) is 29.1 Å². The van der Waals surface area contributed by atoms with Gasteiger partial charge in [-0.15, -0.1) is 0 Å². The van der Waals surface area contributed by atoms with Crippen molar-refractivity contribution in [2.45, 2.75) is 83.3 Å². The fourth-order valence-electron chi connectivity index (χ4n) is 6.62. The topological polar surface area (TPSA) is 32.3 Å². The van der Waals surface area contributed by atoms with Crippen molar-refractivity contribution in [2.24, 2.45) is 29.1 Å². The van der Waals surface area contributed by atoms with Gasteiger partial charge in [0.15, 0.2) is 0 Å². The first-order valence-corrected chi connectivity index (χ1v) is 9.54. The molecule has 0 amide bonds. The maximum atomic E-state index is 9.64. The lowest BCUT2D eigenvalue weighted by Gasteiger charge is -2.59. The molecular formula is C19H33NO. The van der Waals surface area contributed by atoms with Crippen LogP contribution in [0.1, 0.15) is 71.1 Å². The van der Waals surface area contributed by atoms with E-state index in [1.165, 1.54) is 38.6 Å². The molecular weight excluding hydrogens is 258 g/mol. The van der Waals surface area contributed by atoms with E-state index in [2.05, 4.69) is 12.2 Å². The first kappa shape index (κ1) is 14.5. The van der Waals surface area contributed by atoms with E-state index in [9.17, 15) is 5.11 Å². The van der Waals surface area contributed by atoms with Crippen LogP contribution in [0.4, 0.5) is 0 Å². The molecule has 0 saturated heterocycles. The average molecular weight is 291 g/mol. The van der Waals surface area contributed by atoms with E-state index in [-0.39, 0.29) is 6.10 Å². The molecule has 1 atom stereocenters. The van der Waals surface area contributed by atoms with Crippen molar-refractivity contribution in [3.63, 3.8) is 0 Å². The molecule has 0 aromatic heterocycles. The molecule has 120 valence electrons. The molecule has 0 radical (unpaired) electrons. The smallest absolute Gasteiger partial charge is 0.0540 e. The summed E-state index contributed by atoms with van der Waals surface area (Å²) in [5, 5.41) is 13.6. The third kappa shape index (κ3) is 2.79. The summed E-state index contributed by atoms with van der Waals surface area (Å²) in [6.45, 7) is 3.67. The van der Waals surface area contributed by atoms with Crippen molar-refractivity contribution in [1.82, 2.24) is 5.32 Å². The molecule has 2 N–H and O–H groups in total. The van der Waals surface area contributed by atoms with Gasteiger partial charge in [-0.2, -0.15) is 0 Å². The molecule has 5 rings (SSSR count). The van der Waals surface area contributed by atoms with E-state index >= 15 is 0 Å². The van der Waals surface area contributed by atoms with Gasteiger partial charge in [0.1, 0.15) is 0 Å². The molecule has 0 aromatic rings. The van der Waals surface area contributed by atoms with Crippen LogP contribution >= 0.6 is 0 Å². The Balaban J connectivity index is 1.33. The molecule has 1 unspecified atom stereocenters. The van der Waals surface area contributed by atoms with Crippen molar-refractivity contribution in [3.05, 3.63) is 0 Å². The summed E-state index contributed by atoms with van der Waals surface area (Å²) in [6.07, 6.45) is 13.7. The highest BCUT2D eigenvalue weighted by Crippen LogP contribution is 2.61. The quantitative estimate of drug-likeness (QED) is 0.827. The van der Waals surface area contributed by atoms with Gasteiger partial charge >= 0.3 is 0 Å². The van der Waals surface area contributed by atoms with Crippen LogP contribution in [0.15, 0.2) is 0 Å². The first-order valence-electron chi connectivity index (χ1n) is 9.54. The molecule has 21 heavy (non-hydrogen) atoms. The predicted octanol–water partition coefficient (Wildman–Crippen LogP) is 3.73. The lowest BCUT2D eigenvalue weighted by Crippen LogP contribution is -2.55.